The van der Waals surface area contributed by atoms with E-state index in [9.17, 15) is 0 Å². The molecule has 0 saturated carbocycles. The minimum atomic E-state index is 0.808. The average Bonchev–Trinajstić information content (AvgIpc) is 3.07. The summed E-state index contributed by atoms with van der Waals surface area (Å²) in [4.78, 5) is 9.91. The summed E-state index contributed by atoms with van der Waals surface area (Å²) in [7, 11) is 1.77. The van der Waals surface area contributed by atoms with Crippen molar-refractivity contribution in [2.45, 2.75) is 0 Å². The molecule has 0 aliphatic carbocycles. The molecule has 0 radical (unpaired) electrons. The normalized spacial score (nSPS) is 11.5. The Morgan fingerprint density at radius 1 is 0.500 bits per heavy atom. The van der Waals surface area contributed by atoms with Gasteiger partial charge in [0.2, 0.25) is 0 Å². The number of ether oxygens (including phenoxy) is 1. The van der Waals surface area contributed by atoms with Gasteiger partial charge in [0.1, 0.15) is 5.75 Å². The van der Waals surface area contributed by atoms with Gasteiger partial charge in [-0.1, -0.05) is 115 Å². The summed E-state index contributed by atoms with van der Waals surface area (Å²) in [5, 5.41) is 6.77. The molecule has 3 nitrogen and oxygen atoms in total. The lowest BCUT2D eigenvalue weighted by atomic mass is 9.85. The summed E-state index contributed by atoms with van der Waals surface area (Å²) in [6.07, 6.45) is 1.83. The van der Waals surface area contributed by atoms with Crippen LogP contribution in [-0.4, -0.2) is 17.1 Å². The maximum Gasteiger partial charge on any atom is 0.136 e. The van der Waals surface area contributed by atoms with Crippen LogP contribution >= 0.6 is 0 Å². The Hall–Kier alpha value is -5.54. The van der Waals surface area contributed by atoms with Gasteiger partial charge in [0.15, 0.2) is 0 Å². The molecule has 0 unspecified atom stereocenters. The Balaban J connectivity index is 1.51. The molecule has 0 N–H and O–H groups in total. The zero-order chi connectivity index (χ0) is 28.0. The Bertz CT molecular complexity index is 2290. The van der Waals surface area contributed by atoms with E-state index in [1.807, 2.05) is 12.3 Å². The SMILES string of the molecule is COc1c(-c2ccc3ccc4cccnc4c3n2)cc2ccccc2c1-c1c(-c2ccccc2)ccc2ccccc12. The fourth-order valence-corrected chi connectivity index (χ4v) is 6.25. The zero-order valence-electron chi connectivity index (χ0n) is 23.1. The zero-order valence-corrected chi connectivity index (χ0v) is 23.1. The van der Waals surface area contributed by atoms with E-state index in [4.69, 9.17) is 9.72 Å². The molecule has 3 heteroatoms. The fourth-order valence-electron chi connectivity index (χ4n) is 6.25. The first-order valence-corrected chi connectivity index (χ1v) is 14.1. The predicted molar refractivity (Wildman–Crippen MR) is 175 cm³/mol. The van der Waals surface area contributed by atoms with Crippen LogP contribution in [0.5, 0.6) is 5.75 Å². The van der Waals surface area contributed by atoms with E-state index in [2.05, 4.69) is 132 Å². The van der Waals surface area contributed by atoms with Crippen molar-refractivity contribution < 1.29 is 4.74 Å². The Labute approximate surface area is 243 Å². The van der Waals surface area contributed by atoms with Crippen LogP contribution < -0.4 is 4.74 Å². The van der Waals surface area contributed by atoms with Gasteiger partial charge in [-0.05, 0) is 50.9 Å². The highest BCUT2D eigenvalue weighted by atomic mass is 16.5. The largest absolute Gasteiger partial charge is 0.495 e. The second-order valence-electron chi connectivity index (χ2n) is 10.5. The standard InChI is InChI=1S/C39H26N2O/c1-42-39-33(34-22-20-28-18-17-27-14-9-23-40-37(27)38(28)41-34)24-29-13-6-8-16-31(29)36(39)35-30-15-7-5-12-26(30)19-21-32(35)25-10-3-2-4-11-25/h2-24H,1H3. The summed E-state index contributed by atoms with van der Waals surface area (Å²) in [6.45, 7) is 0. The maximum atomic E-state index is 6.38. The highest BCUT2D eigenvalue weighted by molar-refractivity contribution is 6.14. The number of hydrogen-bond donors (Lipinski definition) is 0. The van der Waals surface area contributed by atoms with E-state index in [0.29, 0.717) is 0 Å². The van der Waals surface area contributed by atoms with Gasteiger partial charge in [-0.25, -0.2) is 4.98 Å². The number of aromatic nitrogens is 2. The lowest BCUT2D eigenvalue weighted by Gasteiger charge is -2.21. The molecular formula is C39H26N2O. The average molecular weight is 539 g/mol. The molecule has 42 heavy (non-hydrogen) atoms. The summed E-state index contributed by atoms with van der Waals surface area (Å²) in [5.41, 5.74) is 8.14. The van der Waals surface area contributed by atoms with Gasteiger partial charge in [-0.3, -0.25) is 4.98 Å². The first kappa shape index (κ1) is 24.3. The number of pyridine rings is 2. The van der Waals surface area contributed by atoms with E-state index < -0.39 is 0 Å². The van der Waals surface area contributed by atoms with Crippen molar-refractivity contribution in [3.63, 3.8) is 0 Å². The van der Waals surface area contributed by atoms with E-state index in [1.165, 1.54) is 10.8 Å². The van der Waals surface area contributed by atoms with Crippen LogP contribution in [0.15, 0.2) is 140 Å². The monoisotopic (exact) mass is 538 g/mol. The number of hydrogen-bond acceptors (Lipinski definition) is 3. The molecule has 8 rings (SSSR count). The van der Waals surface area contributed by atoms with Crippen molar-refractivity contribution in [2.75, 3.05) is 7.11 Å². The summed E-state index contributed by atoms with van der Waals surface area (Å²) in [6, 6.07) is 46.9. The van der Waals surface area contributed by atoms with E-state index in [0.717, 1.165) is 71.8 Å². The van der Waals surface area contributed by atoms with Crippen molar-refractivity contribution >= 4 is 43.4 Å². The van der Waals surface area contributed by atoms with Crippen LogP contribution in [0.1, 0.15) is 0 Å². The van der Waals surface area contributed by atoms with E-state index in [-0.39, 0.29) is 0 Å². The quantitative estimate of drug-likeness (QED) is 0.209. The third-order valence-electron chi connectivity index (χ3n) is 8.18. The molecule has 8 aromatic rings. The minimum absolute atomic E-state index is 0.808. The number of rotatable bonds is 4. The third kappa shape index (κ3) is 3.82. The fraction of sp³-hybridized carbons (Fsp3) is 0.0256. The van der Waals surface area contributed by atoms with Crippen LogP contribution in [0.25, 0.3) is 76.9 Å². The highest BCUT2D eigenvalue weighted by Gasteiger charge is 2.23. The van der Waals surface area contributed by atoms with Crippen molar-refractivity contribution in [1.29, 1.82) is 0 Å². The van der Waals surface area contributed by atoms with Gasteiger partial charge < -0.3 is 4.74 Å². The lowest BCUT2D eigenvalue weighted by molar-refractivity contribution is 0.418. The van der Waals surface area contributed by atoms with E-state index in [1.54, 1.807) is 7.11 Å². The van der Waals surface area contributed by atoms with Crippen molar-refractivity contribution in [2.24, 2.45) is 0 Å². The highest BCUT2D eigenvalue weighted by Crippen LogP contribution is 2.49. The topological polar surface area (TPSA) is 35.0 Å². The van der Waals surface area contributed by atoms with Gasteiger partial charge >= 0.3 is 0 Å². The van der Waals surface area contributed by atoms with Gasteiger partial charge in [0, 0.05) is 33.7 Å². The molecule has 2 aromatic heterocycles. The molecule has 198 valence electrons. The smallest absolute Gasteiger partial charge is 0.136 e. The number of benzene rings is 6. The number of methoxy groups -OCH3 is 1. The molecule has 2 heterocycles. The molecule has 0 amide bonds. The van der Waals surface area contributed by atoms with Crippen LogP contribution in [-0.2, 0) is 0 Å². The number of fused-ring (bicyclic) bond motifs is 5. The van der Waals surface area contributed by atoms with Crippen LogP contribution in [0.2, 0.25) is 0 Å². The third-order valence-corrected chi connectivity index (χ3v) is 8.18. The van der Waals surface area contributed by atoms with Crippen LogP contribution in [0, 0.1) is 0 Å². The van der Waals surface area contributed by atoms with Crippen molar-refractivity contribution in [3.8, 4) is 39.3 Å². The predicted octanol–water partition coefficient (Wildman–Crippen LogP) is 10.1. The van der Waals surface area contributed by atoms with Crippen LogP contribution in [0.4, 0.5) is 0 Å². The summed E-state index contributed by atoms with van der Waals surface area (Å²) in [5.74, 6) is 0.808. The number of nitrogens with zero attached hydrogens (tertiary/aromatic N) is 2. The Morgan fingerprint density at radius 3 is 1.95 bits per heavy atom. The maximum absolute atomic E-state index is 6.38. The van der Waals surface area contributed by atoms with Gasteiger partial charge in [-0.2, -0.15) is 0 Å². The minimum Gasteiger partial charge on any atom is -0.495 e. The summed E-state index contributed by atoms with van der Waals surface area (Å²) >= 11 is 0. The molecule has 0 bridgehead atoms. The molecule has 0 atom stereocenters. The second-order valence-corrected chi connectivity index (χ2v) is 10.5. The first-order valence-electron chi connectivity index (χ1n) is 14.1. The molecule has 0 fully saturated rings. The molecule has 6 aromatic carbocycles. The summed E-state index contributed by atoms with van der Waals surface area (Å²) < 4.78 is 6.38. The van der Waals surface area contributed by atoms with Gasteiger partial charge in [0.25, 0.3) is 0 Å². The van der Waals surface area contributed by atoms with E-state index >= 15 is 0 Å². The lowest BCUT2D eigenvalue weighted by Crippen LogP contribution is -1.98. The first-order chi connectivity index (χ1) is 20.8. The van der Waals surface area contributed by atoms with Gasteiger partial charge in [0.05, 0.1) is 23.8 Å². The van der Waals surface area contributed by atoms with Crippen molar-refractivity contribution in [3.05, 3.63) is 140 Å². The Kier molecular flexibility index (Phi) is 5.68. The second kappa shape index (κ2) is 9.83. The molecular weight excluding hydrogens is 512 g/mol. The van der Waals surface area contributed by atoms with Crippen molar-refractivity contribution in [1.82, 2.24) is 9.97 Å². The molecule has 0 spiro atoms. The van der Waals surface area contributed by atoms with Crippen LogP contribution in [0.3, 0.4) is 0 Å². The molecule has 0 saturated heterocycles. The molecule has 0 aliphatic heterocycles. The Morgan fingerprint density at radius 2 is 1.14 bits per heavy atom. The van der Waals surface area contributed by atoms with Gasteiger partial charge in [-0.15, -0.1) is 0 Å². The molecule has 0 aliphatic rings.